The summed E-state index contributed by atoms with van der Waals surface area (Å²) in [6.07, 6.45) is 3.28. The van der Waals surface area contributed by atoms with Gasteiger partial charge in [-0.15, -0.1) is 11.6 Å². The molecule has 0 aromatic carbocycles. The quantitative estimate of drug-likeness (QED) is 0.822. The van der Waals surface area contributed by atoms with Gasteiger partial charge in [-0.3, -0.25) is 9.78 Å². The highest BCUT2D eigenvalue weighted by Gasteiger charge is 2.16. The third kappa shape index (κ3) is 3.49. The van der Waals surface area contributed by atoms with Gasteiger partial charge in [-0.1, -0.05) is 13.8 Å². The number of pyridine rings is 1. The van der Waals surface area contributed by atoms with Gasteiger partial charge in [0.05, 0.1) is 5.56 Å². The number of nitrogens with one attached hydrogen (secondary N) is 1. The Morgan fingerprint density at radius 1 is 1.50 bits per heavy atom. The minimum atomic E-state index is -0.115. The molecule has 0 saturated heterocycles. The summed E-state index contributed by atoms with van der Waals surface area (Å²) in [6.45, 7) is 5.97. The molecule has 0 aliphatic rings. The summed E-state index contributed by atoms with van der Waals surface area (Å²) >= 11 is 5.80. The minimum absolute atomic E-state index is 0.00493. The largest absolute Gasteiger partial charge is 0.348 e. The molecule has 0 saturated carbocycles. The lowest BCUT2D eigenvalue weighted by molar-refractivity contribution is 0.0930. The van der Waals surface area contributed by atoms with Crippen molar-refractivity contribution in [3.63, 3.8) is 0 Å². The smallest absolute Gasteiger partial charge is 0.253 e. The number of hydrogen-bond acceptors (Lipinski definition) is 2. The second-order valence-corrected chi connectivity index (χ2v) is 4.54. The Balaban J connectivity index is 2.72. The Kier molecular flexibility index (Phi) is 4.74. The zero-order valence-corrected chi connectivity index (χ0v) is 10.6. The van der Waals surface area contributed by atoms with E-state index in [0.717, 1.165) is 5.56 Å². The van der Waals surface area contributed by atoms with E-state index in [1.807, 2.05) is 26.8 Å². The molecule has 1 aromatic heterocycles. The molecule has 1 heterocycles. The van der Waals surface area contributed by atoms with Crippen molar-refractivity contribution in [1.29, 1.82) is 0 Å². The molecule has 0 aliphatic carbocycles. The molecule has 1 amide bonds. The fourth-order valence-corrected chi connectivity index (χ4v) is 1.75. The fourth-order valence-electron chi connectivity index (χ4n) is 1.31. The first-order chi connectivity index (χ1) is 7.54. The first-order valence-electron chi connectivity index (χ1n) is 5.33. The van der Waals surface area contributed by atoms with E-state index < -0.39 is 0 Å². The molecule has 0 spiro atoms. The molecule has 1 atom stereocenters. The van der Waals surface area contributed by atoms with Gasteiger partial charge in [-0.05, 0) is 24.5 Å². The molecule has 16 heavy (non-hydrogen) atoms. The molecule has 1 unspecified atom stereocenters. The van der Waals surface area contributed by atoms with Crippen LogP contribution in [-0.2, 0) is 0 Å². The zero-order chi connectivity index (χ0) is 12.1. The van der Waals surface area contributed by atoms with Crippen LogP contribution in [0.25, 0.3) is 0 Å². The van der Waals surface area contributed by atoms with Gasteiger partial charge in [0.1, 0.15) is 0 Å². The SMILES string of the molecule is Cc1cncc(C(=O)NC(CCl)C(C)C)c1. The number of hydrogen-bond donors (Lipinski definition) is 1. The van der Waals surface area contributed by atoms with E-state index >= 15 is 0 Å². The fraction of sp³-hybridized carbons (Fsp3) is 0.500. The number of carbonyl (C=O) groups is 1. The van der Waals surface area contributed by atoms with Crippen molar-refractivity contribution in [2.75, 3.05) is 5.88 Å². The first-order valence-corrected chi connectivity index (χ1v) is 5.86. The zero-order valence-electron chi connectivity index (χ0n) is 9.83. The Hall–Kier alpha value is -1.09. The monoisotopic (exact) mass is 240 g/mol. The van der Waals surface area contributed by atoms with Crippen molar-refractivity contribution in [2.45, 2.75) is 26.8 Å². The molecular weight excluding hydrogens is 224 g/mol. The highest BCUT2D eigenvalue weighted by atomic mass is 35.5. The molecule has 1 N–H and O–H groups in total. The number of aryl methyl sites for hydroxylation is 1. The van der Waals surface area contributed by atoms with E-state index in [2.05, 4.69) is 10.3 Å². The molecule has 0 fully saturated rings. The van der Waals surface area contributed by atoms with Crippen LogP contribution in [0.5, 0.6) is 0 Å². The lowest BCUT2D eigenvalue weighted by Gasteiger charge is -2.19. The summed E-state index contributed by atoms with van der Waals surface area (Å²) in [4.78, 5) is 15.9. The molecule has 0 bridgehead atoms. The van der Waals surface area contributed by atoms with Crippen molar-refractivity contribution >= 4 is 17.5 Å². The van der Waals surface area contributed by atoms with Crippen molar-refractivity contribution in [3.05, 3.63) is 29.6 Å². The standard InChI is InChI=1S/C12H17ClN2O/c1-8(2)11(5-13)15-12(16)10-4-9(3)6-14-7-10/h4,6-8,11H,5H2,1-3H3,(H,15,16). The third-order valence-corrected chi connectivity index (χ3v) is 2.76. The van der Waals surface area contributed by atoms with Crippen LogP contribution in [0.1, 0.15) is 29.8 Å². The molecule has 1 rings (SSSR count). The van der Waals surface area contributed by atoms with Crippen LogP contribution < -0.4 is 5.32 Å². The van der Waals surface area contributed by atoms with E-state index in [9.17, 15) is 4.79 Å². The van der Waals surface area contributed by atoms with Crippen LogP contribution in [0.15, 0.2) is 18.5 Å². The Morgan fingerprint density at radius 2 is 2.19 bits per heavy atom. The molecule has 4 heteroatoms. The summed E-state index contributed by atoms with van der Waals surface area (Å²) < 4.78 is 0. The van der Waals surface area contributed by atoms with Gasteiger partial charge >= 0.3 is 0 Å². The molecular formula is C12H17ClN2O. The Labute approximate surface area is 101 Å². The normalized spacial score (nSPS) is 12.6. The van der Waals surface area contributed by atoms with Crippen LogP contribution >= 0.6 is 11.6 Å². The number of halogens is 1. The average molecular weight is 241 g/mol. The van der Waals surface area contributed by atoms with Crippen LogP contribution in [0, 0.1) is 12.8 Å². The van der Waals surface area contributed by atoms with Crippen molar-refractivity contribution in [1.82, 2.24) is 10.3 Å². The van der Waals surface area contributed by atoms with E-state index in [4.69, 9.17) is 11.6 Å². The minimum Gasteiger partial charge on any atom is -0.348 e. The topological polar surface area (TPSA) is 42.0 Å². The van der Waals surface area contributed by atoms with Crippen molar-refractivity contribution in [2.24, 2.45) is 5.92 Å². The average Bonchev–Trinajstić information content (AvgIpc) is 2.25. The van der Waals surface area contributed by atoms with Crippen LogP contribution in [0.2, 0.25) is 0 Å². The summed E-state index contributed by atoms with van der Waals surface area (Å²) in [5, 5.41) is 2.90. The highest BCUT2D eigenvalue weighted by molar-refractivity contribution is 6.18. The summed E-state index contributed by atoms with van der Waals surface area (Å²) in [5.74, 6) is 0.623. The predicted molar refractivity (Wildman–Crippen MR) is 65.8 cm³/mol. The molecule has 0 aliphatic heterocycles. The van der Waals surface area contributed by atoms with E-state index in [-0.39, 0.29) is 11.9 Å². The number of amides is 1. The second kappa shape index (κ2) is 5.85. The van der Waals surface area contributed by atoms with Crippen LogP contribution in [-0.4, -0.2) is 22.8 Å². The number of nitrogens with zero attached hydrogens (tertiary/aromatic N) is 1. The molecule has 1 aromatic rings. The van der Waals surface area contributed by atoms with Crippen molar-refractivity contribution < 1.29 is 4.79 Å². The number of alkyl halides is 1. The Bertz CT molecular complexity index is 366. The van der Waals surface area contributed by atoms with E-state index in [1.54, 1.807) is 12.4 Å². The molecule has 88 valence electrons. The molecule has 0 radical (unpaired) electrons. The van der Waals surface area contributed by atoms with Gasteiger partial charge in [-0.25, -0.2) is 0 Å². The number of rotatable bonds is 4. The lowest BCUT2D eigenvalue weighted by Crippen LogP contribution is -2.39. The van der Waals surface area contributed by atoms with Gasteiger partial charge in [0, 0.05) is 24.3 Å². The predicted octanol–water partition coefficient (Wildman–Crippen LogP) is 2.38. The van der Waals surface area contributed by atoms with Gasteiger partial charge in [0.15, 0.2) is 0 Å². The van der Waals surface area contributed by atoms with Crippen LogP contribution in [0.4, 0.5) is 0 Å². The maximum atomic E-state index is 11.9. The summed E-state index contributed by atoms with van der Waals surface area (Å²) in [6, 6.07) is 1.81. The number of carbonyl (C=O) groups excluding carboxylic acids is 1. The Morgan fingerprint density at radius 3 is 2.69 bits per heavy atom. The third-order valence-electron chi connectivity index (χ3n) is 2.42. The van der Waals surface area contributed by atoms with Gasteiger partial charge in [0.25, 0.3) is 5.91 Å². The van der Waals surface area contributed by atoms with E-state index in [1.165, 1.54) is 0 Å². The summed E-state index contributed by atoms with van der Waals surface area (Å²) in [7, 11) is 0. The lowest BCUT2D eigenvalue weighted by atomic mass is 10.1. The highest BCUT2D eigenvalue weighted by Crippen LogP contribution is 2.06. The van der Waals surface area contributed by atoms with Crippen LogP contribution in [0.3, 0.4) is 0 Å². The second-order valence-electron chi connectivity index (χ2n) is 4.23. The maximum absolute atomic E-state index is 11.9. The van der Waals surface area contributed by atoms with E-state index in [0.29, 0.717) is 17.4 Å². The van der Waals surface area contributed by atoms with Gasteiger partial charge < -0.3 is 5.32 Å². The van der Waals surface area contributed by atoms with Gasteiger partial charge in [-0.2, -0.15) is 0 Å². The first kappa shape index (κ1) is 13.0. The van der Waals surface area contributed by atoms with Gasteiger partial charge in [0.2, 0.25) is 0 Å². The van der Waals surface area contributed by atoms with Crippen molar-refractivity contribution in [3.8, 4) is 0 Å². The number of aromatic nitrogens is 1. The maximum Gasteiger partial charge on any atom is 0.253 e. The molecule has 3 nitrogen and oxygen atoms in total. The summed E-state index contributed by atoms with van der Waals surface area (Å²) in [5.41, 5.74) is 1.55.